The average Bonchev–Trinajstić information content (AvgIpc) is 2.81. The van der Waals surface area contributed by atoms with E-state index in [4.69, 9.17) is 5.11 Å². The maximum Gasteiger partial charge on any atom is 0.319 e. The van der Waals surface area contributed by atoms with Crippen molar-refractivity contribution in [3.63, 3.8) is 0 Å². The predicted octanol–water partition coefficient (Wildman–Crippen LogP) is 2.94. The quantitative estimate of drug-likeness (QED) is 0.765. The van der Waals surface area contributed by atoms with Crippen molar-refractivity contribution in [3.05, 3.63) is 30.5 Å². The van der Waals surface area contributed by atoms with E-state index in [1.807, 2.05) is 18.2 Å². The lowest BCUT2D eigenvalue weighted by Gasteiger charge is -2.09. The number of nitrogens with zero attached hydrogens (tertiary/aromatic N) is 1. The summed E-state index contributed by atoms with van der Waals surface area (Å²) in [6.07, 6.45) is 3.31. The van der Waals surface area contributed by atoms with E-state index >= 15 is 0 Å². The van der Waals surface area contributed by atoms with Gasteiger partial charge in [0.25, 0.3) is 0 Å². The Morgan fingerprint density at radius 3 is 2.90 bits per heavy atom. The second kappa shape index (κ2) is 7.13. The summed E-state index contributed by atoms with van der Waals surface area (Å²) in [5.41, 5.74) is 1.95. The maximum atomic E-state index is 11.7. The van der Waals surface area contributed by atoms with Crippen LogP contribution in [0.1, 0.15) is 26.7 Å². The van der Waals surface area contributed by atoms with Gasteiger partial charge in [-0.05, 0) is 44.0 Å². The normalized spacial score (nSPS) is 12.3. The van der Waals surface area contributed by atoms with Gasteiger partial charge in [-0.1, -0.05) is 6.92 Å². The number of aliphatic hydroxyl groups is 1. The number of benzene rings is 1. The highest BCUT2D eigenvalue weighted by Gasteiger charge is 2.05. The molecule has 0 aliphatic rings. The summed E-state index contributed by atoms with van der Waals surface area (Å²) in [6.45, 7) is 5.31. The molecular weight excluding hydrogens is 266 g/mol. The van der Waals surface area contributed by atoms with Gasteiger partial charge in [0.1, 0.15) is 0 Å². The molecule has 0 aliphatic heterocycles. The van der Waals surface area contributed by atoms with E-state index < -0.39 is 6.10 Å². The van der Waals surface area contributed by atoms with E-state index in [1.165, 1.54) is 5.52 Å². The largest absolute Gasteiger partial charge is 0.393 e. The highest BCUT2D eigenvalue weighted by Crippen LogP contribution is 2.20. The Hall–Kier alpha value is -2.01. The SMILES string of the molecule is CCCn1ccc2cc(NC(=O)NCCC(C)O)ccc21. The molecule has 2 rings (SSSR count). The number of aliphatic hydroxyl groups excluding tert-OH is 1. The average molecular weight is 289 g/mol. The number of aryl methyl sites for hydroxylation is 1. The van der Waals surface area contributed by atoms with Crippen molar-refractivity contribution in [2.24, 2.45) is 0 Å². The monoisotopic (exact) mass is 289 g/mol. The van der Waals surface area contributed by atoms with Crippen LogP contribution in [-0.2, 0) is 6.54 Å². The van der Waals surface area contributed by atoms with Gasteiger partial charge in [-0.2, -0.15) is 0 Å². The molecule has 0 fully saturated rings. The molecule has 114 valence electrons. The summed E-state index contributed by atoms with van der Waals surface area (Å²) in [7, 11) is 0. The van der Waals surface area contributed by atoms with Gasteiger partial charge in [-0.25, -0.2) is 4.79 Å². The van der Waals surface area contributed by atoms with Crippen LogP contribution in [0.25, 0.3) is 10.9 Å². The number of carbonyl (C=O) groups excluding carboxylic acids is 1. The molecule has 2 amide bonds. The van der Waals surface area contributed by atoms with Gasteiger partial charge in [0.05, 0.1) is 6.10 Å². The molecule has 1 atom stereocenters. The topological polar surface area (TPSA) is 66.3 Å². The van der Waals surface area contributed by atoms with Crippen LogP contribution in [0.5, 0.6) is 0 Å². The lowest BCUT2D eigenvalue weighted by Crippen LogP contribution is -2.30. The number of hydrogen-bond donors (Lipinski definition) is 3. The molecule has 0 radical (unpaired) electrons. The van der Waals surface area contributed by atoms with E-state index in [0.29, 0.717) is 13.0 Å². The second-order valence-corrected chi connectivity index (χ2v) is 5.30. The number of urea groups is 1. The summed E-state index contributed by atoms with van der Waals surface area (Å²) < 4.78 is 2.21. The highest BCUT2D eigenvalue weighted by atomic mass is 16.3. The van der Waals surface area contributed by atoms with Gasteiger partial charge in [-0.15, -0.1) is 0 Å². The minimum atomic E-state index is -0.403. The molecule has 0 saturated heterocycles. The first-order chi connectivity index (χ1) is 10.1. The predicted molar refractivity (Wildman–Crippen MR) is 85.5 cm³/mol. The van der Waals surface area contributed by atoms with Gasteiger partial charge in [0.2, 0.25) is 0 Å². The number of anilines is 1. The first-order valence-corrected chi connectivity index (χ1v) is 7.42. The molecule has 1 aromatic carbocycles. The Bertz CT molecular complexity index is 605. The first-order valence-electron chi connectivity index (χ1n) is 7.42. The molecule has 0 bridgehead atoms. The van der Waals surface area contributed by atoms with Crippen LogP contribution in [-0.4, -0.2) is 28.4 Å². The molecule has 1 heterocycles. The van der Waals surface area contributed by atoms with Crippen LogP contribution in [0.3, 0.4) is 0 Å². The summed E-state index contributed by atoms with van der Waals surface area (Å²) in [6, 6.07) is 7.71. The summed E-state index contributed by atoms with van der Waals surface area (Å²) in [5.74, 6) is 0. The van der Waals surface area contributed by atoms with Crippen molar-refractivity contribution >= 4 is 22.6 Å². The smallest absolute Gasteiger partial charge is 0.319 e. The maximum absolute atomic E-state index is 11.7. The minimum absolute atomic E-state index is 0.247. The zero-order chi connectivity index (χ0) is 15.2. The highest BCUT2D eigenvalue weighted by molar-refractivity contribution is 5.92. The Morgan fingerprint density at radius 1 is 1.38 bits per heavy atom. The Balaban J connectivity index is 1.98. The van der Waals surface area contributed by atoms with Gasteiger partial charge in [0.15, 0.2) is 0 Å². The number of carbonyl (C=O) groups is 1. The zero-order valence-electron chi connectivity index (χ0n) is 12.6. The van der Waals surface area contributed by atoms with Crippen LogP contribution in [0.15, 0.2) is 30.5 Å². The fourth-order valence-electron chi connectivity index (χ4n) is 2.28. The second-order valence-electron chi connectivity index (χ2n) is 5.30. The Labute approximate surface area is 125 Å². The van der Waals surface area contributed by atoms with E-state index in [-0.39, 0.29) is 6.03 Å². The molecule has 0 saturated carbocycles. The van der Waals surface area contributed by atoms with Crippen molar-refractivity contribution in [3.8, 4) is 0 Å². The molecule has 1 aromatic heterocycles. The first kappa shape index (κ1) is 15.4. The third kappa shape index (κ3) is 4.23. The summed E-state index contributed by atoms with van der Waals surface area (Å²) in [4.78, 5) is 11.7. The van der Waals surface area contributed by atoms with Crippen LogP contribution in [0, 0.1) is 0 Å². The van der Waals surface area contributed by atoms with Crippen LogP contribution >= 0.6 is 0 Å². The fourth-order valence-corrected chi connectivity index (χ4v) is 2.28. The molecule has 0 aliphatic carbocycles. The Kier molecular flexibility index (Phi) is 5.22. The van der Waals surface area contributed by atoms with Gasteiger partial charge in [-0.3, -0.25) is 0 Å². The Morgan fingerprint density at radius 2 is 2.19 bits per heavy atom. The van der Waals surface area contributed by atoms with E-state index in [9.17, 15) is 4.79 Å². The van der Waals surface area contributed by atoms with Crippen molar-refractivity contribution in [2.45, 2.75) is 39.3 Å². The number of fused-ring (bicyclic) bond motifs is 1. The number of nitrogens with one attached hydrogen (secondary N) is 2. The van der Waals surface area contributed by atoms with Gasteiger partial charge in [0, 0.05) is 35.9 Å². The van der Waals surface area contributed by atoms with Gasteiger partial charge < -0.3 is 20.3 Å². The molecule has 21 heavy (non-hydrogen) atoms. The van der Waals surface area contributed by atoms with E-state index in [0.717, 1.165) is 24.0 Å². The summed E-state index contributed by atoms with van der Waals surface area (Å²) in [5, 5.41) is 15.8. The van der Waals surface area contributed by atoms with E-state index in [1.54, 1.807) is 6.92 Å². The zero-order valence-corrected chi connectivity index (χ0v) is 12.6. The van der Waals surface area contributed by atoms with Crippen molar-refractivity contribution < 1.29 is 9.90 Å². The molecule has 1 unspecified atom stereocenters. The molecule has 5 heteroatoms. The molecule has 3 N–H and O–H groups in total. The lowest BCUT2D eigenvalue weighted by molar-refractivity contribution is 0.184. The third-order valence-corrected chi connectivity index (χ3v) is 3.34. The van der Waals surface area contributed by atoms with Crippen molar-refractivity contribution in [2.75, 3.05) is 11.9 Å². The molecule has 5 nitrogen and oxygen atoms in total. The van der Waals surface area contributed by atoms with Crippen LogP contribution in [0.4, 0.5) is 10.5 Å². The standard InChI is InChI=1S/C16H23N3O2/c1-3-9-19-10-7-13-11-14(4-5-15(13)19)18-16(21)17-8-6-12(2)20/h4-5,7,10-12,20H,3,6,8-9H2,1-2H3,(H2,17,18,21). The molecule has 2 aromatic rings. The minimum Gasteiger partial charge on any atom is -0.393 e. The molecular formula is C16H23N3O2. The van der Waals surface area contributed by atoms with Crippen LogP contribution < -0.4 is 10.6 Å². The molecule has 0 spiro atoms. The van der Waals surface area contributed by atoms with Gasteiger partial charge >= 0.3 is 6.03 Å². The van der Waals surface area contributed by atoms with E-state index in [2.05, 4.69) is 34.4 Å². The van der Waals surface area contributed by atoms with Crippen LogP contribution in [0.2, 0.25) is 0 Å². The van der Waals surface area contributed by atoms with Crippen molar-refractivity contribution in [1.29, 1.82) is 0 Å². The number of aromatic nitrogens is 1. The summed E-state index contributed by atoms with van der Waals surface area (Å²) >= 11 is 0. The number of amides is 2. The fraction of sp³-hybridized carbons (Fsp3) is 0.438. The number of hydrogen-bond acceptors (Lipinski definition) is 2. The number of rotatable bonds is 6. The third-order valence-electron chi connectivity index (χ3n) is 3.34. The lowest BCUT2D eigenvalue weighted by atomic mass is 10.2. The van der Waals surface area contributed by atoms with Crippen molar-refractivity contribution in [1.82, 2.24) is 9.88 Å².